The standard InChI is InChI=1S/C14H16FNO/c1-5-12(15)8-16-11(4)13-6-10(3)14(17)7-9(13)2/h5-8,17H,1H2,2-4H3/b12-8+,16-11?. The zero-order chi connectivity index (χ0) is 13.0. The maximum absolute atomic E-state index is 12.8. The summed E-state index contributed by atoms with van der Waals surface area (Å²) in [4.78, 5) is 4.02. The van der Waals surface area contributed by atoms with Crippen LogP contribution in [0.1, 0.15) is 23.6 Å². The van der Waals surface area contributed by atoms with E-state index in [1.165, 1.54) is 0 Å². The van der Waals surface area contributed by atoms with Gasteiger partial charge in [0.25, 0.3) is 0 Å². The largest absolute Gasteiger partial charge is 0.508 e. The minimum atomic E-state index is -0.475. The molecule has 1 N–H and O–H groups in total. The number of phenols is 1. The third kappa shape index (κ3) is 3.28. The normalized spacial score (nSPS) is 12.7. The van der Waals surface area contributed by atoms with E-state index >= 15 is 0 Å². The third-order valence-corrected chi connectivity index (χ3v) is 2.51. The van der Waals surface area contributed by atoms with Crippen molar-refractivity contribution in [1.29, 1.82) is 0 Å². The van der Waals surface area contributed by atoms with E-state index in [0.717, 1.165) is 29.0 Å². The van der Waals surface area contributed by atoms with Gasteiger partial charge in [0.1, 0.15) is 11.6 Å². The molecule has 0 aliphatic heterocycles. The number of phenolic OH excluding ortho intramolecular Hbond substituents is 1. The van der Waals surface area contributed by atoms with Gasteiger partial charge < -0.3 is 5.11 Å². The number of rotatable bonds is 3. The highest BCUT2D eigenvalue weighted by Gasteiger charge is 2.05. The van der Waals surface area contributed by atoms with Crippen molar-refractivity contribution in [1.82, 2.24) is 0 Å². The molecule has 0 aromatic heterocycles. The molecule has 2 nitrogen and oxygen atoms in total. The van der Waals surface area contributed by atoms with E-state index in [-0.39, 0.29) is 5.75 Å². The van der Waals surface area contributed by atoms with Crippen molar-refractivity contribution in [3.8, 4) is 5.75 Å². The van der Waals surface area contributed by atoms with E-state index in [9.17, 15) is 9.50 Å². The highest BCUT2D eigenvalue weighted by molar-refractivity contribution is 6.00. The minimum Gasteiger partial charge on any atom is -0.508 e. The first-order valence-corrected chi connectivity index (χ1v) is 5.28. The van der Waals surface area contributed by atoms with Crippen molar-refractivity contribution >= 4 is 5.71 Å². The van der Waals surface area contributed by atoms with Crippen molar-refractivity contribution < 1.29 is 9.50 Å². The van der Waals surface area contributed by atoms with Crippen molar-refractivity contribution in [2.24, 2.45) is 4.99 Å². The van der Waals surface area contributed by atoms with E-state index in [1.807, 2.05) is 19.9 Å². The van der Waals surface area contributed by atoms with E-state index < -0.39 is 5.83 Å². The Kier molecular flexibility index (Phi) is 4.21. The van der Waals surface area contributed by atoms with Gasteiger partial charge in [-0.3, -0.25) is 4.99 Å². The van der Waals surface area contributed by atoms with Gasteiger partial charge in [-0.2, -0.15) is 0 Å². The average molecular weight is 233 g/mol. The SMILES string of the molecule is C=C/C(F)=C\N=C(C)c1cc(C)c(O)cc1C. The summed E-state index contributed by atoms with van der Waals surface area (Å²) >= 11 is 0. The first-order chi connectivity index (χ1) is 7.95. The molecule has 0 aliphatic rings. The lowest BCUT2D eigenvalue weighted by molar-refractivity contribution is 0.470. The molecule has 0 saturated heterocycles. The number of hydrogen-bond donors (Lipinski definition) is 1. The summed E-state index contributed by atoms with van der Waals surface area (Å²) in [7, 11) is 0. The molecule has 1 aromatic rings. The maximum Gasteiger partial charge on any atom is 0.140 e. The summed E-state index contributed by atoms with van der Waals surface area (Å²) in [5.74, 6) is -0.218. The van der Waals surface area contributed by atoms with Gasteiger partial charge in [-0.25, -0.2) is 4.39 Å². The van der Waals surface area contributed by atoms with Crippen LogP contribution >= 0.6 is 0 Å². The minimum absolute atomic E-state index is 0.256. The number of allylic oxidation sites excluding steroid dienone is 2. The van der Waals surface area contributed by atoms with E-state index in [4.69, 9.17) is 0 Å². The Morgan fingerprint density at radius 2 is 2.00 bits per heavy atom. The van der Waals surface area contributed by atoms with Gasteiger partial charge in [0.15, 0.2) is 0 Å². The molecule has 0 fully saturated rings. The molecule has 1 rings (SSSR count). The Morgan fingerprint density at radius 1 is 1.35 bits per heavy atom. The molecule has 0 radical (unpaired) electrons. The van der Waals surface area contributed by atoms with Gasteiger partial charge >= 0.3 is 0 Å². The number of aliphatic imine (C=N–C) groups is 1. The smallest absolute Gasteiger partial charge is 0.140 e. The zero-order valence-electron chi connectivity index (χ0n) is 10.3. The molecule has 3 heteroatoms. The predicted molar refractivity (Wildman–Crippen MR) is 69.2 cm³/mol. The Bertz CT molecular complexity index is 501. The number of halogens is 1. The fraction of sp³-hybridized carbons (Fsp3) is 0.214. The van der Waals surface area contributed by atoms with Crippen LogP contribution in [-0.2, 0) is 0 Å². The van der Waals surface area contributed by atoms with Crippen molar-refractivity contribution in [3.63, 3.8) is 0 Å². The van der Waals surface area contributed by atoms with Gasteiger partial charge in [-0.1, -0.05) is 6.58 Å². The molecule has 0 amide bonds. The highest BCUT2D eigenvalue weighted by atomic mass is 19.1. The molecular weight excluding hydrogens is 217 g/mol. The number of benzene rings is 1. The van der Waals surface area contributed by atoms with Crippen molar-refractivity contribution in [3.05, 3.63) is 53.5 Å². The summed E-state index contributed by atoms with van der Waals surface area (Å²) in [6.07, 6.45) is 2.23. The number of hydrogen-bond acceptors (Lipinski definition) is 2. The fourth-order valence-corrected chi connectivity index (χ4v) is 1.47. The molecule has 0 saturated carbocycles. The van der Waals surface area contributed by atoms with Gasteiger partial charge in [0, 0.05) is 5.71 Å². The molecular formula is C14H16FNO. The summed E-state index contributed by atoms with van der Waals surface area (Å²) in [5, 5.41) is 9.54. The fourth-order valence-electron chi connectivity index (χ4n) is 1.47. The number of aromatic hydroxyl groups is 1. The van der Waals surface area contributed by atoms with Crippen LogP contribution in [0.5, 0.6) is 5.75 Å². The average Bonchev–Trinajstić information content (AvgIpc) is 2.30. The lowest BCUT2D eigenvalue weighted by atomic mass is 10.0. The van der Waals surface area contributed by atoms with Crippen LogP contribution in [0.2, 0.25) is 0 Å². The van der Waals surface area contributed by atoms with Crippen LogP contribution in [-0.4, -0.2) is 10.8 Å². The Morgan fingerprint density at radius 3 is 2.59 bits per heavy atom. The predicted octanol–water partition coefficient (Wildman–Crippen LogP) is 3.81. The van der Waals surface area contributed by atoms with E-state index in [1.54, 1.807) is 13.0 Å². The van der Waals surface area contributed by atoms with Crippen LogP contribution in [0.25, 0.3) is 0 Å². The van der Waals surface area contributed by atoms with Crippen LogP contribution < -0.4 is 0 Å². The summed E-state index contributed by atoms with van der Waals surface area (Å²) < 4.78 is 12.8. The lowest BCUT2D eigenvalue weighted by Gasteiger charge is -2.08. The first kappa shape index (κ1) is 13.2. The Balaban J connectivity index is 3.17. The Labute approximate surface area is 101 Å². The van der Waals surface area contributed by atoms with Crippen LogP contribution in [0.4, 0.5) is 4.39 Å². The van der Waals surface area contributed by atoms with E-state index in [0.29, 0.717) is 5.71 Å². The quantitative estimate of drug-likeness (QED) is 0.624. The molecule has 17 heavy (non-hydrogen) atoms. The molecule has 0 aliphatic carbocycles. The van der Waals surface area contributed by atoms with Crippen molar-refractivity contribution in [2.45, 2.75) is 20.8 Å². The molecule has 1 aromatic carbocycles. The Hall–Kier alpha value is -1.90. The lowest BCUT2D eigenvalue weighted by Crippen LogP contribution is -1.98. The first-order valence-electron chi connectivity index (χ1n) is 5.28. The van der Waals surface area contributed by atoms with Crippen molar-refractivity contribution in [2.75, 3.05) is 0 Å². The maximum atomic E-state index is 12.8. The van der Waals surface area contributed by atoms with Gasteiger partial charge in [-0.05, 0) is 55.7 Å². The zero-order valence-corrected chi connectivity index (χ0v) is 10.3. The molecule has 0 atom stereocenters. The highest BCUT2D eigenvalue weighted by Crippen LogP contribution is 2.21. The second-order valence-corrected chi connectivity index (χ2v) is 3.89. The molecule has 90 valence electrons. The van der Waals surface area contributed by atoms with Crippen LogP contribution in [0, 0.1) is 13.8 Å². The summed E-state index contributed by atoms with van der Waals surface area (Å²) in [6, 6.07) is 3.51. The summed E-state index contributed by atoms with van der Waals surface area (Å²) in [5.41, 5.74) is 3.27. The second kappa shape index (κ2) is 5.43. The number of nitrogens with zero attached hydrogens (tertiary/aromatic N) is 1. The molecule has 0 heterocycles. The topological polar surface area (TPSA) is 32.6 Å². The van der Waals surface area contributed by atoms with Gasteiger partial charge in [0.05, 0.1) is 6.20 Å². The third-order valence-electron chi connectivity index (χ3n) is 2.51. The monoisotopic (exact) mass is 233 g/mol. The van der Waals surface area contributed by atoms with E-state index in [2.05, 4.69) is 11.6 Å². The molecule has 0 bridgehead atoms. The number of aryl methyl sites for hydroxylation is 2. The van der Waals surface area contributed by atoms with Crippen LogP contribution in [0.15, 0.2) is 41.8 Å². The van der Waals surface area contributed by atoms with Crippen LogP contribution in [0.3, 0.4) is 0 Å². The van der Waals surface area contributed by atoms with Gasteiger partial charge in [0.2, 0.25) is 0 Å². The summed E-state index contributed by atoms with van der Waals surface area (Å²) in [6.45, 7) is 8.79. The molecule has 0 unspecified atom stereocenters. The molecule has 0 spiro atoms. The second-order valence-electron chi connectivity index (χ2n) is 3.89. The van der Waals surface area contributed by atoms with Gasteiger partial charge in [-0.15, -0.1) is 0 Å².